The van der Waals surface area contributed by atoms with Crippen LogP contribution in [0.1, 0.15) is 44.0 Å². The largest absolute Gasteiger partial charge is 0.454 e. The normalized spacial score (nSPS) is 21.2. The number of carbonyl (C=O) groups excluding carboxylic acids is 3. The van der Waals surface area contributed by atoms with E-state index in [9.17, 15) is 14.4 Å². The molecular weight excluding hydrogens is 422 g/mol. The summed E-state index contributed by atoms with van der Waals surface area (Å²) in [5, 5.41) is 5.90. The number of rotatable bonds is 3. The van der Waals surface area contributed by atoms with Gasteiger partial charge in [-0.1, -0.05) is 32.9 Å². The highest BCUT2D eigenvalue weighted by Gasteiger charge is 2.43. The van der Waals surface area contributed by atoms with Gasteiger partial charge in [-0.05, 0) is 47.2 Å². The Morgan fingerprint density at radius 1 is 1.09 bits per heavy atom. The molecule has 2 aromatic carbocycles. The van der Waals surface area contributed by atoms with Crippen molar-refractivity contribution in [2.45, 2.75) is 45.7 Å². The van der Waals surface area contributed by atoms with Crippen LogP contribution in [0.3, 0.4) is 0 Å². The number of nitrogens with one attached hydrogen (secondary N) is 2. The maximum Gasteiger partial charge on any atom is 0.256 e. The van der Waals surface area contributed by atoms with Gasteiger partial charge < -0.3 is 25.0 Å². The molecule has 1 fully saturated rings. The highest BCUT2D eigenvalue weighted by molar-refractivity contribution is 6.11. The van der Waals surface area contributed by atoms with Crippen molar-refractivity contribution in [3.8, 4) is 22.6 Å². The van der Waals surface area contributed by atoms with Gasteiger partial charge in [-0.25, -0.2) is 0 Å². The van der Waals surface area contributed by atoms with Crippen LogP contribution in [0.4, 0.5) is 5.69 Å². The van der Waals surface area contributed by atoms with Gasteiger partial charge in [0.2, 0.25) is 18.6 Å². The van der Waals surface area contributed by atoms with Crippen LogP contribution in [-0.4, -0.2) is 48.0 Å². The number of ether oxygens (including phenoxy) is 2. The molecule has 0 aliphatic carbocycles. The van der Waals surface area contributed by atoms with Crippen molar-refractivity contribution >= 4 is 23.4 Å². The van der Waals surface area contributed by atoms with Crippen LogP contribution in [-0.2, 0) is 9.59 Å². The van der Waals surface area contributed by atoms with E-state index in [2.05, 4.69) is 10.6 Å². The standard InChI is InChI=1S/C25H27N3O5/c1-25(2,3)11-22(29)26-16-10-19-23(30)27-18-6-4-14(8-17(18)24(31)28(19)12-16)15-5-7-20-21(9-15)33-13-32-20/h4-9,16,19H,10-13H2,1-3H3,(H,26,29)(H,27,30)/t16-,19-/m0/s1. The van der Waals surface area contributed by atoms with Crippen LogP contribution in [0.25, 0.3) is 11.1 Å². The molecule has 3 aliphatic heterocycles. The first-order chi connectivity index (χ1) is 15.7. The Bertz CT molecular complexity index is 1150. The van der Waals surface area contributed by atoms with Gasteiger partial charge in [0.05, 0.1) is 11.3 Å². The van der Waals surface area contributed by atoms with Gasteiger partial charge in [0.25, 0.3) is 5.91 Å². The fourth-order valence-electron chi connectivity index (χ4n) is 4.63. The molecule has 2 aromatic rings. The van der Waals surface area contributed by atoms with Crippen molar-refractivity contribution in [2.75, 3.05) is 18.7 Å². The van der Waals surface area contributed by atoms with Gasteiger partial charge in [0.15, 0.2) is 11.5 Å². The minimum Gasteiger partial charge on any atom is -0.454 e. The van der Waals surface area contributed by atoms with Gasteiger partial charge in [-0.2, -0.15) is 0 Å². The molecule has 33 heavy (non-hydrogen) atoms. The zero-order valence-electron chi connectivity index (χ0n) is 18.9. The van der Waals surface area contributed by atoms with Crippen molar-refractivity contribution in [1.82, 2.24) is 10.2 Å². The zero-order valence-corrected chi connectivity index (χ0v) is 18.9. The van der Waals surface area contributed by atoms with E-state index < -0.39 is 6.04 Å². The van der Waals surface area contributed by atoms with E-state index >= 15 is 0 Å². The van der Waals surface area contributed by atoms with Crippen LogP contribution in [0.15, 0.2) is 36.4 Å². The molecule has 3 amide bonds. The molecule has 2 atom stereocenters. The second-order valence-corrected chi connectivity index (χ2v) is 10.0. The minimum absolute atomic E-state index is 0.0662. The van der Waals surface area contributed by atoms with Gasteiger partial charge in [0, 0.05) is 19.0 Å². The topological polar surface area (TPSA) is 97.0 Å². The molecule has 1 saturated heterocycles. The summed E-state index contributed by atoms with van der Waals surface area (Å²) < 4.78 is 10.8. The highest BCUT2D eigenvalue weighted by atomic mass is 16.7. The smallest absolute Gasteiger partial charge is 0.256 e. The maximum atomic E-state index is 13.5. The van der Waals surface area contributed by atoms with E-state index in [-0.39, 0.29) is 36.0 Å². The third-order valence-corrected chi connectivity index (χ3v) is 6.13. The lowest BCUT2D eigenvalue weighted by Gasteiger charge is -2.21. The SMILES string of the molecule is CC(C)(C)CC(=O)N[C@H]1C[C@H]2C(=O)Nc3ccc(-c4ccc5c(c4)OCO5)cc3C(=O)N2C1. The number of fused-ring (bicyclic) bond motifs is 3. The molecule has 5 rings (SSSR count). The molecule has 172 valence electrons. The summed E-state index contributed by atoms with van der Waals surface area (Å²) >= 11 is 0. The summed E-state index contributed by atoms with van der Waals surface area (Å²) in [6.07, 6.45) is 0.784. The third-order valence-electron chi connectivity index (χ3n) is 6.13. The molecule has 8 nitrogen and oxygen atoms in total. The van der Waals surface area contributed by atoms with Crippen molar-refractivity contribution in [1.29, 1.82) is 0 Å². The first-order valence-electron chi connectivity index (χ1n) is 11.1. The second-order valence-electron chi connectivity index (χ2n) is 10.0. The van der Waals surface area contributed by atoms with Gasteiger partial charge >= 0.3 is 0 Å². The summed E-state index contributed by atoms with van der Waals surface area (Å²) in [6, 6.07) is 10.2. The molecule has 0 unspecified atom stereocenters. The Labute approximate surface area is 192 Å². The van der Waals surface area contributed by atoms with Crippen molar-refractivity contribution in [3.05, 3.63) is 42.0 Å². The van der Waals surface area contributed by atoms with Gasteiger partial charge in [-0.3, -0.25) is 14.4 Å². The maximum absolute atomic E-state index is 13.5. The molecule has 8 heteroatoms. The van der Waals surface area contributed by atoms with Gasteiger partial charge in [-0.15, -0.1) is 0 Å². The quantitative estimate of drug-likeness (QED) is 0.750. The molecule has 3 aliphatic rings. The zero-order chi connectivity index (χ0) is 23.3. The molecule has 3 heterocycles. The molecule has 0 bridgehead atoms. The van der Waals surface area contributed by atoms with Crippen molar-refractivity contribution in [3.63, 3.8) is 0 Å². The fraction of sp³-hybridized carbons (Fsp3) is 0.400. The van der Waals surface area contributed by atoms with Crippen LogP contribution in [0.2, 0.25) is 0 Å². The number of hydrogen-bond acceptors (Lipinski definition) is 5. The average molecular weight is 450 g/mol. The fourth-order valence-corrected chi connectivity index (χ4v) is 4.63. The van der Waals surface area contributed by atoms with Crippen molar-refractivity contribution < 1.29 is 23.9 Å². The van der Waals surface area contributed by atoms with Crippen LogP contribution < -0.4 is 20.1 Å². The first kappa shape index (κ1) is 21.3. The highest BCUT2D eigenvalue weighted by Crippen LogP contribution is 2.38. The number of nitrogens with zero attached hydrogens (tertiary/aromatic N) is 1. The van der Waals surface area contributed by atoms with E-state index in [0.717, 1.165) is 11.1 Å². The van der Waals surface area contributed by atoms with E-state index in [1.54, 1.807) is 17.0 Å². The molecule has 0 aromatic heterocycles. The number of carbonyl (C=O) groups is 3. The Morgan fingerprint density at radius 3 is 2.61 bits per heavy atom. The number of hydrogen-bond donors (Lipinski definition) is 2. The lowest BCUT2D eigenvalue weighted by atomic mass is 9.92. The van der Waals surface area contributed by atoms with E-state index in [0.29, 0.717) is 42.1 Å². The first-order valence-corrected chi connectivity index (χ1v) is 11.1. The molecule has 2 N–H and O–H groups in total. The Hall–Kier alpha value is -3.55. The number of anilines is 1. The van der Waals surface area contributed by atoms with Crippen molar-refractivity contribution in [2.24, 2.45) is 5.41 Å². The summed E-state index contributed by atoms with van der Waals surface area (Å²) in [5.41, 5.74) is 2.52. The molecular formula is C25H27N3O5. The predicted molar refractivity (Wildman–Crippen MR) is 122 cm³/mol. The summed E-state index contributed by atoms with van der Waals surface area (Å²) in [4.78, 5) is 40.3. The number of amides is 3. The predicted octanol–water partition coefficient (Wildman–Crippen LogP) is 3.17. The lowest BCUT2D eigenvalue weighted by molar-refractivity contribution is -0.123. The Kier molecular flexibility index (Phi) is 5.03. The van der Waals surface area contributed by atoms with Gasteiger partial charge in [0.1, 0.15) is 6.04 Å². The molecule has 0 spiro atoms. The summed E-state index contributed by atoms with van der Waals surface area (Å²) in [7, 11) is 0. The molecule has 0 radical (unpaired) electrons. The Balaban J connectivity index is 1.39. The summed E-state index contributed by atoms with van der Waals surface area (Å²) in [6.45, 7) is 6.50. The number of benzene rings is 2. The Morgan fingerprint density at radius 2 is 1.82 bits per heavy atom. The minimum atomic E-state index is -0.612. The molecule has 0 saturated carbocycles. The van der Waals surface area contributed by atoms with Crippen LogP contribution in [0, 0.1) is 5.41 Å². The van der Waals surface area contributed by atoms with Crippen LogP contribution in [0.5, 0.6) is 11.5 Å². The monoisotopic (exact) mass is 449 g/mol. The third kappa shape index (κ3) is 4.13. The van der Waals surface area contributed by atoms with E-state index in [1.807, 2.05) is 45.0 Å². The lowest BCUT2D eigenvalue weighted by Crippen LogP contribution is -2.41. The summed E-state index contributed by atoms with van der Waals surface area (Å²) in [5.74, 6) is 0.837. The van der Waals surface area contributed by atoms with E-state index in [1.165, 1.54) is 0 Å². The second kappa shape index (κ2) is 7.79. The average Bonchev–Trinajstić information content (AvgIpc) is 3.36. The van der Waals surface area contributed by atoms with Crippen LogP contribution >= 0.6 is 0 Å². The van der Waals surface area contributed by atoms with E-state index in [4.69, 9.17) is 9.47 Å².